The summed E-state index contributed by atoms with van der Waals surface area (Å²) in [6, 6.07) is 9.05. The highest BCUT2D eigenvalue weighted by Gasteiger charge is 2.13. The molecule has 2 aromatic carbocycles. The van der Waals surface area contributed by atoms with E-state index in [4.69, 9.17) is 0 Å². The van der Waals surface area contributed by atoms with E-state index in [2.05, 4.69) is 10.2 Å². The predicted molar refractivity (Wildman–Crippen MR) is 49.8 cm³/mol. The second-order valence-electron chi connectivity index (χ2n) is 3.00. The van der Waals surface area contributed by atoms with Crippen LogP contribution < -0.4 is 0 Å². The fraction of sp³-hybridized carbons (Fsp3) is 0. The summed E-state index contributed by atoms with van der Waals surface area (Å²) in [4.78, 5) is 0. The molecule has 0 aromatic heterocycles. The second kappa shape index (κ2) is 2.07. The molecule has 2 aromatic rings. The fourth-order valence-electron chi connectivity index (χ4n) is 1.63. The number of aromatic hydroxyl groups is 1. The molecule has 3 rings (SSSR count). The first-order valence-corrected chi connectivity index (χ1v) is 4.03. The summed E-state index contributed by atoms with van der Waals surface area (Å²) in [5.41, 5.74) is 1.67. The highest BCUT2D eigenvalue weighted by Crippen LogP contribution is 2.43. The minimum Gasteiger partial charge on any atom is -0.507 e. The highest BCUT2D eigenvalue weighted by molar-refractivity contribution is 6.05. The zero-order chi connectivity index (χ0) is 8.84. The van der Waals surface area contributed by atoms with E-state index < -0.39 is 0 Å². The quantitative estimate of drug-likeness (QED) is 0.552. The summed E-state index contributed by atoms with van der Waals surface area (Å²) >= 11 is 0. The van der Waals surface area contributed by atoms with Gasteiger partial charge in [0.05, 0.1) is 11.4 Å². The molecule has 1 N–H and O–H groups in total. The van der Waals surface area contributed by atoms with Crippen molar-refractivity contribution < 1.29 is 5.11 Å². The van der Waals surface area contributed by atoms with Gasteiger partial charge in [0.15, 0.2) is 0 Å². The molecule has 0 atom stereocenters. The molecule has 0 aliphatic carbocycles. The highest BCUT2D eigenvalue weighted by atomic mass is 16.3. The Morgan fingerprint density at radius 3 is 2.54 bits per heavy atom. The lowest BCUT2D eigenvalue weighted by atomic mass is 10.1. The third-order valence-corrected chi connectivity index (χ3v) is 2.24. The summed E-state index contributed by atoms with van der Waals surface area (Å²) in [5.74, 6) is 0.285. The average molecular weight is 170 g/mol. The van der Waals surface area contributed by atoms with Crippen molar-refractivity contribution in [3.63, 3.8) is 0 Å². The summed E-state index contributed by atoms with van der Waals surface area (Å²) in [6.07, 6.45) is 0. The van der Waals surface area contributed by atoms with Crippen LogP contribution in [-0.4, -0.2) is 5.11 Å². The van der Waals surface area contributed by atoms with E-state index in [-0.39, 0.29) is 5.75 Å². The third kappa shape index (κ3) is 0.731. The number of rotatable bonds is 0. The van der Waals surface area contributed by atoms with Crippen LogP contribution in [0.5, 0.6) is 5.75 Å². The molecular weight excluding hydrogens is 164 g/mol. The smallest absolute Gasteiger partial charge is 0.123 e. The van der Waals surface area contributed by atoms with Crippen molar-refractivity contribution in [3.05, 3.63) is 30.3 Å². The van der Waals surface area contributed by atoms with Crippen molar-refractivity contribution in [1.82, 2.24) is 0 Å². The van der Waals surface area contributed by atoms with Crippen molar-refractivity contribution in [2.75, 3.05) is 0 Å². The van der Waals surface area contributed by atoms with E-state index >= 15 is 0 Å². The maximum Gasteiger partial charge on any atom is 0.123 e. The van der Waals surface area contributed by atoms with Crippen LogP contribution in [0, 0.1) is 0 Å². The largest absolute Gasteiger partial charge is 0.507 e. The van der Waals surface area contributed by atoms with Gasteiger partial charge < -0.3 is 5.11 Å². The molecule has 0 spiro atoms. The van der Waals surface area contributed by atoms with Crippen LogP contribution in [0.25, 0.3) is 10.8 Å². The Hall–Kier alpha value is -1.90. The Morgan fingerprint density at radius 1 is 0.923 bits per heavy atom. The van der Waals surface area contributed by atoms with Crippen LogP contribution in [0.4, 0.5) is 11.4 Å². The summed E-state index contributed by atoms with van der Waals surface area (Å²) < 4.78 is 0. The maximum absolute atomic E-state index is 9.56. The number of hydrogen-bond acceptors (Lipinski definition) is 3. The first-order chi connectivity index (χ1) is 6.36. The lowest BCUT2D eigenvalue weighted by Crippen LogP contribution is -1.72. The molecule has 0 amide bonds. The molecule has 1 aliphatic rings. The maximum atomic E-state index is 9.56. The van der Waals surface area contributed by atoms with Gasteiger partial charge >= 0.3 is 0 Å². The van der Waals surface area contributed by atoms with Gasteiger partial charge in [0.2, 0.25) is 0 Å². The molecule has 3 nitrogen and oxygen atoms in total. The van der Waals surface area contributed by atoms with Crippen LogP contribution in [0.2, 0.25) is 0 Å². The van der Waals surface area contributed by atoms with Crippen LogP contribution >= 0.6 is 0 Å². The molecule has 0 radical (unpaired) electrons. The number of phenolic OH excluding ortho intramolecular Hbond substituents is 1. The van der Waals surface area contributed by atoms with Crippen LogP contribution in [0.1, 0.15) is 0 Å². The van der Waals surface area contributed by atoms with Crippen molar-refractivity contribution in [1.29, 1.82) is 0 Å². The molecule has 0 saturated carbocycles. The average Bonchev–Trinajstić information content (AvgIpc) is 2.57. The number of nitrogens with zero attached hydrogens (tertiary/aromatic N) is 2. The minimum absolute atomic E-state index is 0.285. The Bertz CT molecular complexity index is 519. The van der Waals surface area contributed by atoms with Gasteiger partial charge in [-0.15, -0.1) is 10.2 Å². The Balaban J connectivity index is 2.63. The van der Waals surface area contributed by atoms with Gasteiger partial charge in [-0.3, -0.25) is 0 Å². The van der Waals surface area contributed by atoms with E-state index in [1.165, 1.54) is 0 Å². The molecule has 0 unspecified atom stereocenters. The molecule has 62 valence electrons. The van der Waals surface area contributed by atoms with Crippen molar-refractivity contribution in [2.45, 2.75) is 0 Å². The summed E-state index contributed by atoms with van der Waals surface area (Å²) in [6.45, 7) is 0. The zero-order valence-corrected chi connectivity index (χ0v) is 6.73. The van der Waals surface area contributed by atoms with E-state index in [0.717, 1.165) is 22.1 Å². The number of azo groups is 1. The van der Waals surface area contributed by atoms with E-state index in [0.29, 0.717) is 0 Å². The normalized spacial score (nSPS) is 12.6. The van der Waals surface area contributed by atoms with Gasteiger partial charge in [-0.1, -0.05) is 12.1 Å². The van der Waals surface area contributed by atoms with Crippen LogP contribution in [0.3, 0.4) is 0 Å². The van der Waals surface area contributed by atoms with E-state index in [1.54, 1.807) is 12.1 Å². The predicted octanol–water partition coefficient (Wildman–Crippen LogP) is 3.27. The molecule has 0 saturated heterocycles. The SMILES string of the molecule is Oc1ccc2c3c(cccc13)N=N2. The lowest BCUT2D eigenvalue weighted by Gasteiger charge is -2.00. The zero-order valence-electron chi connectivity index (χ0n) is 6.73. The molecule has 1 aliphatic heterocycles. The molecule has 13 heavy (non-hydrogen) atoms. The van der Waals surface area contributed by atoms with E-state index in [1.807, 2.05) is 18.2 Å². The minimum atomic E-state index is 0.285. The topological polar surface area (TPSA) is 45.0 Å². The Morgan fingerprint density at radius 2 is 1.69 bits per heavy atom. The first-order valence-electron chi connectivity index (χ1n) is 4.03. The van der Waals surface area contributed by atoms with Gasteiger partial charge in [0.25, 0.3) is 0 Å². The molecular formula is C10H6N2O. The second-order valence-corrected chi connectivity index (χ2v) is 3.00. The number of benzene rings is 2. The lowest BCUT2D eigenvalue weighted by molar-refractivity contribution is 0.482. The van der Waals surface area contributed by atoms with Gasteiger partial charge in [-0.25, -0.2) is 0 Å². The van der Waals surface area contributed by atoms with Gasteiger partial charge in [-0.05, 0) is 18.2 Å². The van der Waals surface area contributed by atoms with Gasteiger partial charge in [0, 0.05) is 10.8 Å². The van der Waals surface area contributed by atoms with Gasteiger partial charge in [-0.2, -0.15) is 0 Å². The van der Waals surface area contributed by atoms with Gasteiger partial charge in [0.1, 0.15) is 5.75 Å². The first kappa shape index (κ1) is 6.60. The standard InChI is InChI=1S/C10H6N2O/c13-9-5-4-8-10-6(9)2-1-3-7(10)11-12-8/h1-5,13H. The van der Waals surface area contributed by atoms with Crippen LogP contribution in [0.15, 0.2) is 40.6 Å². The summed E-state index contributed by atoms with van der Waals surface area (Å²) in [5, 5.41) is 19.3. The molecule has 0 fully saturated rings. The molecule has 1 heterocycles. The monoisotopic (exact) mass is 170 g/mol. The molecule has 3 heteroatoms. The third-order valence-electron chi connectivity index (χ3n) is 2.24. The molecule has 0 bridgehead atoms. The van der Waals surface area contributed by atoms with Crippen molar-refractivity contribution >= 4 is 22.1 Å². The fourth-order valence-corrected chi connectivity index (χ4v) is 1.63. The number of phenols is 1. The number of hydrogen-bond donors (Lipinski definition) is 1. The van der Waals surface area contributed by atoms with E-state index in [9.17, 15) is 5.11 Å². The Kier molecular flexibility index (Phi) is 1.05. The van der Waals surface area contributed by atoms with Crippen molar-refractivity contribution in [2.24, 2.45) is 10.2 Å². The van der Waals surface area contributed by atoms with Crippen molar-refractivity contribution in [3.8, 4) is 5.75 Å². The Labute approximate surface area is 74.3 Å². The summed E-state index contributed by atoms with van der Waals surface area (Å²) in [7, 11) is 0. The van der Waals surface area contributed by atoms with Crippen LogP contribution in [-0.2, 0) is 0 Å².